The maximum Gasteiger partial charge on any atom is 0.265 e. The van der Waals surface area contributed by atoms with Crippen molar-refractivity contribution in [2.24, 2.45) is 0 Å². The molecular weight excluding hydrogens is 326 g/mol. The second-order valence-electron chi connectivity index (χ2n) is 6.17. The predicted molar refractivity (Wildman–Crippen MR) is 88.7 cm³/mol. The van der Waals surface area contributed by atoms with Crippen LogP contribution in [0.4, 0.5) is 0 Å². The number of amides is 2. The van der Waals surface area contributed by atoms with E-state index in [0.717, 1.165) is 31.8 Å². The topological polar surface area (TPSA) is 71.3 Å². The molecule has 4 rings (SSSR count). The SMILES string of the molecule is Cc1nnc2n1CCN(C(=O)c1cccs1)C2C(=O)N1CCCC1. The Labute approximate surface area is 143 Å². The number of aromatic nitrogens is 3. The molecule has 0 radical (unpaired) electrons. The molecule has 0 spiro atoms. The Morgan fingerprint density at radius 3 is 2.67 bits per heavy atom. The fourth-order valence-corrected chi connectivity index (χ4v) is 4.15. The molecule has 2 amide bonds. The Balaban J connectivity index is 1.72. The number of hydrogen-bond donors (Lipinski definition) is 0. The molecule has 126 valence electrons. The number of likely N-dealkylation sites (tertiary alicyclic amines) is 1. The third kappa shape index (κ3) is 2.41. The number of aryl methyl sites for hydroxylation is 1. The average Bonchev–Trinajstić information content (AvgIpc) is 3.34. The second kappa shape index (κ2) is 6.01. The van der Waals surface area contributed by atoms with Crippen LogP contribution < -0.4 is 0 Å². The van der Waals surface area contributed by atoms with Gasteiger partial charge in [0.25, 0.3) is 11.8 Å². The molecule has 1 unspecified atom stereocenters. The molecule has 2 aromatic rings. The van der Waals surface area contributed by atoms with E-state index in [9.17, 15) is 9.59 Å². The highest BCUT2D eigenvalue weighted by atomic mass is 32.1. The molecule has 0 N–H and O–H groups in total. The minimum Gasteiger partial charge on any atom is -0.340 e. The van der Waals surface area contributed by atoms with E-state index in [1.165, 1.54) is 11.3 Å². The Bertz CT molecular complexity index is 764. The fraction of sp³-hybridized carbons (Fsp3) is 0.500. The molecule has 0 saturated carbocycles. The van der Waals surface area contributed by atoms with Gasteiger partial charge in [0.15, 0.2) is 11.9 Å². The van der Waals surface area contributed by atoms with Crippen molar-refractivity contribution in [1.29, 1.82) is 0 Å². The number of carbonyl (C=O) groups excluding carboxylic acids is 2. The molecule has 0 bridgehead atoms. The van der Waals surface area contributed by atoms with Gasteiger partial charge in [-0.1, -0.05) is 6.07 Å². The highest BCUT2D eigenvalue weighted by molar-refractivity contribution is 7.12. The number of carbonyl (C=O) groups is 2. The van der Waals surface area contributed by atoms with Gasteiger partial charge < -0.3 is 14.4 Å². The molecule has 0 aliphatic carbocycles. The summed E-state index contributed by atoms with van der Waals surface area (Å²) in [5, 5.41) is 10.2. The van der Waals surface area contributed by atoms with E-state index >= 15 is 0 Å². The molecule has 0 aromatic carbocycles. The molecule has 2 aliphatic heterocycles. The van der Waals surface area contributed by atoms with Gasteiger partial charge in [-0.05, 0) is 31.2 Å². The Kier molecular flexibility index (Phi) is 3.84. The summed E-state index contributed by atoms with van der Waals surface area (Å²) in [4.78, 5) is 30.2. The van der Waals surface area contributed by atoms with E-state index in [2.05, 4.69) is 10.2 Å². The van der Waals surface area contributed by atoms with Crippen molar-refractivity contribution in [3.63, 3.8) is 0 Å². The number of thiophene rings is 1. The minimum atomic E-state index is -0.673. The lowest BCUT2D eigenvalue weighted by atomic mass is 10.1. The quantitative estimate of drug-likeness (QED) is 0.826. The molecule has 1 fully saturated rings. The van der Waals surface area contributed by atoms with Crippen molar-refractivity contribution in [3.8, 4) is 0 Å². The predicted octanol–water partition coefficient (Wildman–Crippen LogP) is 1.47. The minimum absolute atomic E-state index is 0.0363. The molecule has 1 saturated heterocycles. The third-order valence-corrected chi connectivity index (χ3v) is 5.59. The van der Waals surface area contributed by atoms with Crippen LogP contribution in [-0.2, 0) is 11.3 Å². The number of fused-ring (bicyclic) bond motifs is 1. The van der Waals surface area contributed by atoms with Gasteiger partial charge in [-0.15, -0.1) is 21.5 Å². The lowest BCUT2D eigenvalue weighted by Gasteiger charge is -2.36. The van der Waals surface area contributed by atoms with Gasteiger partial charge in [0.05, 0.1) is 4.88 Å². The molecule has 2 aromatic heterocycles. The van der Waals surface area contributed by atoms with E-state index < -0.39 is 6.04 Å². The maximum absolute atomic E-state index is 13.1. The highest BCUT2D eigenvalue weighted by Gasteiger charge is 2.41. The Morgan fingerprint density at radius 2 is 1.96 bits per heavy atom. The summed E-state index contributed by atoms with van der Waals surface area (Å²) in [7, 11) is 0. The van der Waals surface area contributed by atoms with Crippen LogP contribution in [0, 0.1) is 6.92 Å². The first-order chi connectivity index (χ1) is 11.7. The van der Waals surface area contributed by atoms with Gasteiger partial charge in [-0.25, -0.2) is 0 Å². The van der Waals surface area contributed by atoms with Crippen molar-refractivity contribution < 1.29 is 9.59 Å². The second-order valence-corrected chi connectivity index (χ2v) is 7.12. The number of nitrogens with zero attached hydrogens (tertiary/aromatic N) is 5. The highest BCUT2D eigenvalue weighted by Crippen LogP contribution is 2.30. The number of hydrogen-bond acceptors (Lipinski definition) is 5. The third-order valence-electron chi connectivity index (χ3n) is 4.73. The first kappa shape index (κ1) is 15.3. The van der Waals surface area contributed by atoms with Crippen molar-refractivity contribution in [2.45, 2.75) is 32.4 Å². The smallest absolute Gasteiger partial charge is 0.265 e. The van der Waals surface area contributed by atoms with E-state index in [4.69, 9.17) is 0 Å². The van der Waals surface area contributed by atoms with Gasteiger partial charge in [-0.3, -0.25) is 9.59 Å². The zero-order chi connectivity index (χ0) is 16.7. The van der Waals surface area contributed by atoms with E-state index in [1.54, 1.807) is 11.0 Å². The molecule has 4 heterocycles. The van der Waals surface area contributed by atoms with Crippen LogP contribution in [0.3, 0.4) is 0 Å². The van der Waals surface area contributed by atoms with Crippen LogP contribution in [0.5, 0.6) is 0 Å². The van der Waals surface area contributed by atoms with Gasteiger partial charge >= 0.3 is 0 Å². The van der Waals surface area contributed by atoms with E-state index in [0.29, 0.717) is 23.8 Å². The molecule has 7 nitrogen and oxygen atoms in total. The van der Waals surface area contributed by atoms with Crippen molar-refractivity contribution in [3.05, 3.63) is 34.0 Å². The summed E-state index contributed by atoms with van der Waals surface area (Å²) < 4.78 is 1.96. The van der Waals surface area contributed by atoms with E-state index in [1.807, 2.05) is 27.8 Å². The lowest BCUT2D eigenvalue weighted by molar-refractivity contribution is -0.136. The standard InChI is InChI=1S/C16H19N5O2S/c1-11-17-18-14-13(16(23)19-6-2-3-7-19)21(9-8-20(11)14)15(22)12-5-4-10-24-12/h4-5,10,13H,2-3,6-9H2,1H3. The Morgan fingerprint density at radius 1 is 1.17 bits per heavy atom. The zero-order valence-electron chi connectivity index (χ0n) is 13.5. The van der Waals surface area contributed by atoms with Crippen LogP contribution >= 0.6 is 11.3 Å². The zero-order valence-corrected chi connectivity index (χ0v) is 14.3. The summed E-state index contributed by atoms with van der Waals surface area (Å²) >= 11 is 1.40. The van der Waals surface area contributed by atoms with Crippen LogP contribution in [0.2, 0.25) is 0 Å². The molecule has 24 heavy (non-hydrogen) atoms. The van der Waals surface area contributed by atoms with Crippen molar-refractivity contribution >= 4 is 23.2 Å². The Hall–Kier alpha value is -2.22. The normalized spacial score (nSPS) is 20.3. The van der Waals surface area contributed by atoms with Crippen LogP contribution in [-0.4, -0.2) is 56.0 Å². The van der Waals surface area contributed by atoms with E-state index in [-0.39, 0.29) is 11.8 Å². The van der Waals surface area contributed by atoms with Gasteiger partial charge in [0, 0.05) is 26.2 Å². The first-order valence-electron chi connectivity index (χ1n) is 8.20. The molecule has 8 heteroatoms. The van der Waals surface area contributed by atoms with Crippen LogP contribution in [0.1, 0.15) is 40.2 Å². The van der Waals surface area contributed by atoms with Crippen LogP contribution in [0.15, 0.2) is 17.5 Å². The summed E-state index contributed by atoms with van der Waals surface area (Å²) in [6.07, 6.45) is 2.03. The fourth-order valence-electron chi connectivity index (χ4n) is 3.47. The monoisotopic (exact) mass is 345 g/mol. The molecule has 2 aliphatic rings. The van der Waals surface area contributed by atoms with Crippen LogP contribution in [0.25, 0.3) is 0 Å². The lowest BCUT2D eigenvalue weighted by Crippen LogP contribution is -2.49. The van der Waals surface area contributed by atoms with Gasteiger partial charge in [0.2, 0.25) is 0 Å². The summed E-state index contributed by atoms with van der Waals surface area (Å²) in [5.41, 5.74) is 0. The van der Waals surface area contributed by atoms with Gasteiger partial charge in [0.1, 0.15) is 5.82 Å². The van der Waals surface area contributed by atoms with Gasteiger partial charge in [-0.2, -0.15) is 0 Å². The first-order valence-corrected chi connectivity index (χ1v) is 9.08. The molecular formula is C16H19N5O2S. The summed E-state index contributed by atoms with van der Waals surface area (Å²) in [6.45, 7) is 4.50. The maximum atomic E-state index is 13.1. The largest absolute Gasteiger partial charge is 0.340 e. The summed E-state index contributed by atoms with van der Waals surface area (Å²) in [5.74, 6) is 1.23. The van der Waals surface area contributed by atoms with Crippen molar-refractivity contribution in [1.82, 2.24) is 24.6 Å². The summed E-state index contributed by atoms with van der Waals surface area (Å²) in [6, 6.07) is 2.98. The van der Waals surface area contributed by atoms with Crippen molar-refractivity contribution in [2.75, 3.05) is 19.6 Å². The number of rotatable bonds is 2. The average molecular weight is 345 g/mol. The molecule has 1 atom stereocenters.